The molecule has 2 aromatic carbocycles. The van der Waals surface area contributed by atoms with Gasteiger partial charge in [0.2, 0.25) is 5.91 Å². The van der Waals surface area contributed by atoms with Gasteiger partial charge in [-0.15, -0.1) is 0 Å². The number of alkyl halides is 3. The molecule has 0 saturated carbocycles. The maximum atomic E-state index is 13.2. The summed E-state index contributed by atoms with van der Waals surface area (Å²) in [6.45, 7) is 4.14. The molecule has 3 rings (SSSR count). The Morgan fingerprint density at radius 3 is 2.45 bits per heavy atom. The van der Waals surface area contributed by atoms with Gasteiger partial charge in [-0.3, -0.25) is 4.79 Å². The van der Waals surface area contributed by atoms with Gasteiger partial charge in [0, 0.05) is 25.8 Å². The first-order valence-corrected chi connectivity index (χ1v) is 10.1. The Bertz CT molecular complexity index is 958. The molecule has 8 heteroatoms. The summed E-state index contributed by atoms with van der Waals surface area (Å²) in [5.41, 5.74) is 1.44. The molecule has 1 saturated heterocycles. The van der Waals surface area contributed by atoms with E-state index in [4.69, 9.17) is 0 Å². The van der Waals surface area contributed by atoms with E-state index >= 15 is 0 Å². The molecule has 1 unspecified atom stereocenters. The fraction of sp³-hybridized carbons (Fsp3) is 0.391. The monoisotopic (exact) mass is 433 g/mol. The Kier molecular flexibility index (Phi) is 6.57. The summed E-state index contributed by atoms with van der Waals surface area (Å²) in [5.74, 6) is -0.187. The van der Waals surface area contributed by atoms with Crippen molar-refractivity contribution < 1.29 is 22.8 Å². The van der Waals surface area contributed by atoms with Crippen molar-refractivity contribution in [2.45, 2.75) is 45.5 Å². The molecule has 0 radical (unpaired) electrons. The number of hydrogen-bond acceptors (Lipinski definition) is 2. The van der Waals surface area contributed by atoms with E-state index in [1.54, 1.807) is 11.9 Å². The van der Waals surface area contributed by atoms with Crippen molar-refractivity contribution >= 4 is 17.6 Å². The van der Waals surface area contributed by atoms with Gasteiger partial charge in [-0.1, -0.05) is 35.9 Å². The number of aryl methyl sites for hydroxylation is 2. The van der Waals surface area contributed by atoms with Crippen molar-refractivity contribution in [2.75, 3.05) is 18.9 Å². The van der Waals surface area contributed by atoms with Crippen LogP contribution >= 0.6 is 0 Å². The fourth-order valence-corrected chi connectivity index (χ4v) is 3.77. The molecule has 0 spiro atoms. The lowest BCUT2D eigenvalue weighted by molar-refractivity contribution is -0.138. The topological polar surface area (TPSA) is 52.7 Å². The molecule has 1 atom stereocenters. The lowest BCUT2D eigenvalue weighted by Crippen LogP contribution is -2.47. The number of nitrogens with one attached hydrogen (secondary N) is 1. The zero-order chi connectivity index (χ0) is 22.8. The zero-order valence-corrected chi connectivity index (χ0v) is 17.8. The highest BCUT2D eigenvalue weighted by atomic mass is 19.4. The van der Waals surface area contributed by atoms with Crippen molar-refractivity contribution in [1.82, 2.24) is 9.80 Å². The summed E-state index contributed by atoms with van der Waals surface area (Å²) in [7, 11) is 1.69. The Morgan fingerprint density at radius 1 is 1.13 bits per heavy atom. The third-order valence-corrected chi connectivity index (χ3v) is 5.51. The van der Waals surface area contributed by atoms with E-state index in [9.17, 15) is 22.8 Å². The van der Waals surface area contributed by atoms with Gasteiger partial charge in [-0.25, -0.2) is 4.79 Å². The van der Waals surface area contributed by atoms with Crippen LogP contribution in [0.5, 0.6) is 0 Å². The predicted molar refractivity (Wildman–Crippen MR) is 113 cm³/mol. The molecule has 3 amide bonds. The van der Waals surface area contributed by atoms with Crippen LogP contribution in [0.15, 0.2) is 42.5 Å². The van der Waals surface area contributed by atoms with Crippen LogP contribution in [0.2, 0.25) is 0 Å². The lowest BCUT2D eigenvalue weighted by atomic mass is 10.1. The molecule has 1 fully saturated rings. The van der Waals surface area contributed by atoms with Crippen molar-refractivity contribution in [1.29, 1.82) is 0 Å². The van der Waals surface area contributed by atoms with Gasteiger partial charge in [0.05, 0.1) is 5.56 Å². The van der Waals surface area contributed by atoms with Gasteiger partial charge in [0.25, 0.3) is 0 Å². The number of halogens is 3. The molecular formula is C23H26F3N3O2. The molecule has 1 aliphatic rings. The maximum Gasteiger partial charge on any atom is 0.416 e. The Hall–Kier alpha value is -3.03. The summed E-state index contributed by atoms with van der Waals surface area (Å²) >= 11 is 0. The largest absolute Gasteiger partial charge is 0.416 e. The number of likely N-dealkylation sites (tertiary alicyclic amines) is 1. The summed E-state index contributed by atoms with van der Waals surface area (Å²) in [4.78, 5) is 28.7. The van der Waals surface area contributed by atoms with Gasteiger partial charge in [0.1, 0.15) is 6.04 Å². The number of carbonyl (C=O) groups is 2. The molecule has 1 N–H and O–H groups in total. The third-order valence-electron chi connectivity index (χ3n) is 5.51. The Morgan fingerprint density at radius 2 is 1.81 bits per heavy atom. The van der Waals surface area contributed by atoms with Gasteiger partial charge < -0.3 is 15.1 Å². The molecule has 0 aromatic heterocycles. The first-order chi connectivity index (χ1) is 14.6. The summed E-state index contributed by atoms with van der Waals surface area (Å²) in [6.07, 6.45) is -3.33. The second kappa shape index (κ2) is 8.99. The summed E-state index contributed by atoms with van der Waals surface area (Å²) in [5, 5.41) is 2.52. The number of urea groups is 1. The number of carbonyl (C=O) groups excluding carboxylic acids is 2. The number of hydrogen-bond donors (Lipinski definition) is 1. The predicted octanol–water partition coefficient (Wildman–Crippen LogP) is 4.98. The standard InChI is InChI=1S/C23H26F3N3O2/c1-15-6-9-17(10-7-15)14-28(3)21(30)20-5-4-12-29(20)22(31)27-18-11-8-16(2)19(13-18)23(24,25)26/h6-11,13,20H,4-5,12,14H2,1-3H3,(H,27,31). The highest BCUT2D eigenvalue weighted by Gasteiger charge is 2.36. The normalized spacial score (nSPS) is 16.3. The van der Waals surface area contributed by atoms with Gasteiger partial charge in [-0.2, -0.15) is 13.2 Å². The highest BCUT2D eigenvalue weighted by molar-refractivity contribution is 5.94. The van der Waals surface area contributed by atoms with Crippen LogP contribution in [-0.4, -0.2) is 41.4 Å². The molecule has 1 aliphatic heterocycles. The van der Waals surface area contributed by atoms with Gasteiger partial charge in [0.15, 0.2) is 0 Å². The van der Waals surface area contributed by atoms with E-state index in [0.717, 1.165) is 17.2 Å². The number of anilines is 1. The molecule has 0 bridgehead atoms. The first kappa shape index (κ1) is 22.7. The Labute approximate surface area is 179 Å². The maximum absolute atomic E-state index is 13.2. The molecule has 5 nitrogen and oxygen atoms in total. The van der Waals surface area contributed by atoms with Crippen LogP contribution < -0.4 is 5.32 Å². The van der Waals surface area contributed by atoms with Crippen molar-refractivity contribution in [2.24, 2.45) is 0 Å². The molecule has 0 aliphatic carbocycles. The number of amides is 3. The number of benzene rings is 2. The summed E-state index contributed by atoms with van der Waals surface area (Å²) in [6, 6.07) is 10.3. The van der Waals surface area contributed by atoms with Crippen molar-refractivity contribution in [3.8, 4) is 0 Å². The van der Waals surface area contributed by atoms with Crippen LogP contribution in [0.25, 0.3) is 0 Å². The smallest absolute Gasteiger partial charge is 0.340 e. The van der Waals surface area contributed by atoms with E-state index in [1.165, 1.54) is 24.0 Å². The average Bonchev–Trinajstić information content (AvgIpc) is 3.19. The average molecular weight is 433 g/mol. The van der Waals surface area contributed by atoms with Crippen LogP contribution in [0.1, 0.15) is 35.1 Å². The van der Waals surface area contributed by atoms with Crippen LogP contribution in [0.3, 0.4) is 0 Å². The quantitative estimate of drug-likeness (QED) is 0.740. The SMILES string of the molecule is Cc1ccc(CN(C)C(=O)C2CCCN2C(=O)Nc2ccc(C)c(C(F)(F)F)c2)cc1. The number of likely N-dealkylation sites (N-methyl/N-ethyl adjacent to an activating group) is 1. The minimum Gasteiger partial charge on any atom is -0.340 e. The van der Waals surface area contributed by atoms with Crippen molar-refractivity contribution in [3.63, 3.8) is 0 Å². The van der Waals surface area contributed by atoms with Gasteiger partial charge >= 0.3 is 12.2 Å². The van der Waals surface area contributed by atoms with Gasteiger partial charge in [-0.05, 0) is 49.9 Å². The zero-order valence-electron chi connectivity index (χ0n) is 17.8. The first-order valence-electron chi connectivity index (χ1n) is 10.1. The molecule has 166 valence electrons. The van der Waals surface area contributed by atoms with E-state index in [0.29, 0.717) is 25.9 Å². The number of rotatable bonds is 4. The van der Waals surface area contributed by atoms with Crippen molar-refractivity contribution in [3.05, 3.63) is 64.7 Å². The van der Waals surface area contributed by atoms with Crippen LogP contribution in [0, 0.1) is 13.8 Å². The summed E-state index contributed by atoms with van der Waals surface area (Å²) < 4.78 is 39.5. The lowest BCUT2D eigenvalue weighted by Gasteiger charge is -2.28. The highest BCUT2D eigenvalue weighted by Crippen LogP contribution is 2.33. The molecular weight excluding hydrogens is 407 g/mol. The minimum atomic E-state index is -4.50. The molecule has 1 heterocycles. The van der Waals surface area contributed by atoms with E-state index in [2.05, 4.69) is 5.32 Å². The van der Waals surface area contributed by atoms with Crippen LogP contribution in [0.4, 0.5) is 23.7 Å². The van der Waals surface area contributed by atoms with E-state index in [1.807, 2.05) is 31.2 Å². The minimum absolute atomic E-state index is 0.0500. The third kappa shape index (κ3) is 5.37. The van der Waals surface area contributed by atoms with Crippen LogP contribution in [-0.2, 0) is 17.5 Å². The number of nitrogens with zero attached hydrogens (tertiary/aromatic N) is 2. The second-order valence-electron chi connectivity index (χ2n) is 7.99. The van der Waals surface area contributed by atoms with E-state index < -0.39 is 23.8 Å². The molecule has 31 heavy (non-hydrogen) atoms. The van der Waals surface area contributed by atoms with E-state index in [-0.39, 0.29) is 17.2 Å². The molecule has 2 aromatic rings. The Balaban J connectivity index is 1.68. The fourth-order valence-electron chi connectivity index (χ4n) is 3.77. The second-order valence-corrected chi connectivity index (χ2v) is 7.99.